The van der Waals surface area contributed by atoms with E-state index in [-0.39, 0.29) is 12.4 Å². The molecule has 3 rings (SSSR count). The van der Waals surface area contributed by atoms with E-state index in [1.165, 1.54) is 11.1 Å². The van der Waals surface area contributed by atoms with Gasteiger partial charge in [0, 0.05) is 62.4 Å². The molecule has 0 saturated carbocycles. The van der Waals surface area contributed by atoms with Crippen molar-refractivity contribution in [3.05, 3.63) is 47.5 Å². The van der Waals surface area contributed by atoms with Crippen LogP contribution in [0.15, 0.2) is 30.7 Å². The number of rotatable bonds is 4. The maximum absolute atomic E-state index is 4.64. The van der Waals surface area contributed by atoms with Crippen molar-refractivity contribution in [3.63, 3.8) is 0 Å². The Kier molecular flexibility index (Phi) is 6.16. The molecule has 0 amide bonds. The molecule has 0 spiro atoms. The van der Waals surface area contributed by atoms with Gasteiger partial charge in [-0.05, 0) is 38.5 Å². The van der Waals surface area contributed by atoms with Crippen LogP contribution in [0.5, 0.6) is 0 Å². The molecule has 1 fully saturated rings. The Morgan fingerprint density at radius 2 is 2.04 bits per heavy atom. The zero-order chi connectivity index (χ0) is 15.5. The van der Waals surface area contributed by atoms with Crippen LogP contribution in [0.3, 0.4) is 0 Å². The van der Waals surface area contributed by atoms with E-state index in [0.29, 0.717) is 12.1 Å². The second kappa shape index (κ2) is 7.90. The summed E-state index contributed by atoms with van der Waals surface area (Å²) in [4.78, 5) is 6.68. The molecule has 3 heterocycles. The lowest BCUT2D eigenvalue weighted by molar-refractivity contribution is 0.153. The van der Waals surface area contributed by atoms with Gasteiger partial charge in [0.05, 0.1) is 5.69 Å². The third kappa shape index (κ3) is 4.10. The smallest absolute Gasteiger partial charge is 0.0638 e. The molecule has 1 aliphatic rings. The number of aromatic nitrogens is 3. The van der Waals surface area contributed by atoms with E-state index < -0.39 is 0 Å². The summed E-state index contributed by atoms with van der Waals surface area (Å²) in [6.07, 6.45) is 5.96. The van der Waals surface area contributed by atoms with E-state index in [9.17, 15) is 0 Å². The number of halogens is 1. The molecule has 0 aliphatic carbocycles. The van der Waals surface area contributed by atoms with Crippen LogP contribution in [0.25, 0.3) is 0 Å². The lowest BCUT2D eigenvalue weighted by Gasteiger charge is -2.36. The molecule has 126 valence electrons. The molecule has 1 saturated heterocycles. The standard InChI is InChI=1S/C17H25N5.ClH/c1-13(2)22-12-16(14(3)20-22)11-21-9-8-19-10-17(21)15-4-6-18-7-5-15;/h4-7,12-13,17,19H,8-11H2,1-3H3;1H. The monoisotopic (exact) mass is 335 g/mol. The summed E-state index contributed by atoms with van der Waals surface area (Å²) in [5.41, 5.74) is 3.80. The molecule has 0 bridgehead atoms. The Bertz CT molecular complexity index is 611. The van der Waals surface area contributed by atoms with E-state index in [2.05, 4.69) is 64.1 Å². The molecule has 0 aromatic carbocycles. The fraction of sp³-hybridized carbons (Fsp3) is 0.529. The lowest BCUT2D eigenvalue weighted by Crippen LogP contribution is -2.45. The van der Waals surface area contributed by atoms with Gasteiger partial charge in [0.2, 0.25) is 0 Å². The van der Waals surface area contributed by atoms with Gasteiger partial charge in [-0.15, -0.1) is 12.4 Å². The molecule has 2 aromatic rings. The largest absolute Gasteiger partial charge is 0.314 e. The van der Waals surface area contributed by atoms with Gasteiger partial charge < -0.3 is 5.32 Å². The minimum atomic E-state index is 0. The predicted octanol–water partition coefficient (Wildman–Crippen LogP) is 2.74. The van der Waals surface area contributed by atoms with Crippen LogP contribution in [0.1, 0.15) is 42.8 Å². The highest BCUT2D eigenvalue weighted by Crippen LogP contribution is 2.24. The van der Waals surface area contributed by atoms with Gasteiger partial charge in [0.15, 0.2) is 0 Å². The summed E-state index contributed by atoms with van der Waals surface area (Å²) >= 11 is 0. The first-order valence-electron chi connectivity index (χ1n) is 8.04. The number of nitrogens with one attached hydrogen (secondary N) is 1. The lowest BCUT2D eigenvalue weighted by atomic mass is 10.0. The summed E-state index contributed by atoms with van der Waals surface area (Å²) in [7, 11) is 0. The minimum Gasteiger partial charge on any atom is -0.314 e. The molecule has 1 atom stereocenters. The topological polar surface area (TPSA) is 46.0 Å². The van der Waals surface area contributed by atoms with Crippen LogP contribution in [0.4, 0.5) is 0 Å². The molecule has 5 nitrogen and oxygen atoms in total. The van der Waals surface area contributed by atoms with Crippen molar-refractivity contribution in [2.45, 2.75) is 39.4 Å². The first-order valence-corrected chi connectivity index (χ1v) is 8.04. The number of hydrogen-bond donors (Lipinski definition) is 1. The van der Waals surface area contributed by atoms with Crippen LogP contribution < -0.4 is 5.32 Å². The van der Waals surface area contributed by atoms with Crippen LogP contribution >= 0.6 is 12.4 Å². The van der Waals surface area contributed by atoms with Crippen molar-refractivity contribution >= 4 is 12.4 Å². The van der Waals surface area contributed by atoms with Gasteiger partial charge >= 0.3 is 0 Å². The van der Waals surface area contributed by atoms with Crippen molar-refractivity contribution in [1.29, 1.82) is 0 Å². The maximum Gasteiger partial charge on any atom is 0.0638 e. The molecular weight excluding hydrogens is 310 g/mol. The Morgan fingerprint density at radius 3 is 2.70 bits per heavy atom. The van der Waals surface area contributed by atoms with Crippen molar-refractivity contribution in [2.24, 2.45) is 0 Å². The van der Waals surface area contributed by atoms with Crippen LogP contribution in [0.2, 0.25) is 0 Å². The average Bonchev–Trinajstić information content (AvgIpc) is 2.90. The highest BCUT2D eigenvalue weighted by molar-refractivity contribution is 5.85. The summed E-state index contributed by atoms with van der Waals surface area (Å²) in [6, 6.07) is 5.05. The van der Waals surface area contributed by atoms with Crippen molar-refractivity contribution in [3.8, 4) is 0 Å². The van der Waals surface area contributed by atoms with Crippen molar-refractivity contribution < 1.29 is 0 Å². The Morgan fingerprint density at radius 1 is 1.30 bits per heavy atom. The molecule has 23 heavy (non-hydrogen) atoms. The normalized spacial score (nSPS) is 18.9. The third-order valence-corrected chi connectivity index (χ3v) is 4.37. The van der Waals surface area contributed by atoms with E-state index in [4.69, 9.17) is 0 Å². The van der Waals surface area contributed by atoms with Gasteiger partial charge in [0.1, 0.15) is 0 Å². The van der Waals surface area contributed by atoms with Gasteiger partial charge in [-0.25, -0.2) is 0 Å². The van der Waals surface area contributed by atoms with Gasteiger partial charge in [-0.1, -0.05) is 0 Å². The second-order valence-corrected chi connectivity index (χ2v) is 6.28. The van der Waals surface area contributed by atoms with Crippen molar-refractivity contribution in [1.82, 2.24) is 25.0 Å². The molecule has 1 aliphatic heterocycles. The van der Waals surface area contributed by atoms with Gasteiger partial charge in [0.25, 0.3) is 0 Å². The quantitative estimate of drug-likeness (QED) is 0.933. The van der Waals surface area contributed by atoms with E-state index >= 15 is 0 Å². The molecule has 0 radical (unpaired) electrons. The summed E-state index contributed by atoms with van der Waals surface area (Å²) in [5.74, 6) is 0. The predicted molar refractivity (Wildman–Crippen MR) is 94.9 cm³/mol. The van der Waals surface area contributed by atoms with Crippen LogP contribution in [-0.2, 0) is 6.54 Å². The second-order valence-electron chi connectivity index (χ2n) is 6.28. The molecule has 1 N–H and O–H groups in total. The highest BCUT2D eigenvalue weighted by Gasteiger charge is 2.24. The zero-order valence-electron chi connectivity index (χ0n) is 14.1. The Balaban J connectivity index is 0.00000192. The Hall–Kier alpha value is -1.43. The SMILES string of the molecule is Cc1nn(C(C)C)cc1CN1CCNCC1c1ccncc1.Cl. The Labute approximate surface area is 144 Å². The number of aryl methyl sites for hydroxylation is 1. The number of pyridine rings is 1. The average molecular weight is 336 g/mol. The first-order chi connectivity index (χ1) is 10.6. The number of hydrogen-bond acceptors (Lipinski definition) is 4. The molecular formula is C17H26ClN5. The molecule has 2 aromatic heterocycles. The van der Waals surface area contributed by atoms with E-state index in [1.54, 1.807) is 0 Å². The summed E-state index contributed by atoms with van der Waals surface area (Å²) in [6.45, 7) is 10.5. The number of nitrogens with zero attached hydrogens (tertiary/aromatic N) is 4. The van der Waals surface area contributed by atoms with E-state index in [0.717, 1.165) is 31.9 Å². The minimum absolute atomic E-state index is 0. The summed E-state index contributed by atoms with van der Waals surface area (Å²) in [5, 5.41) is 8.14. The van der Waals surface area contributed by atoms with Gasteiger partial charge in [-0.3, -0.25) is 14.6 Å². The fourth-order valence-electron chi connectivity index (χ4n) is 3.01. The van der Waals surface area contributed by atoms with Crippen LogP contribution in [-0.4, -0.2) is 39.3 Å². The molecule has 1 unspecified atom stereocenters. The van der Waals surface area contributed by atoms with Crippen LogP contribution in [0, 0.1) is 6.92 Å². The van der Waals surface area contributed by atoms with E-state index in [1.807, 2.05) is 12.4 Å². The fourth-order valence-corrected chi connectivity index (χ4v) is 3.01. The summed E-state index contributed by atoms with van der Waals surface area (Å²) < 4.78 is 2.06. The first kappa shape index (κ1) is 17.9. The highest BCUT2D eigenvalue weighted by atomic mass is 35.5. The van der Waals surface area contributed by atoms with Crippen molar-refractivity contribution in [2.75, 3.05) is 19.6 Å². The molecule has 6 heteroatoms. The van der Waals surface area contributed by atoms with Gasteiger partial charge in [-0.2, -0.15) is 5.10 Å². The maximum atomic E-state index is 4.64. The number of piperazine rings is 1. The zero-order valence-corrected chi connectivity index (χ0v) is 14.9. The third-order valence-electron chi connectivity index (χ3n) is 4.37.